The molecule has 0 aromatic rings. The van der Waals surface area contributed by atoms with Crippen molar-refractivity contribution in [2.45, 2.75) is 19.4 Å². The van der Waals surface area contributed by atoms with Crippen LogP contribution in [0.3, 0.4) is 0 Å². The van der Waals surface area contributed by atoms with Gasteiger partial charge in [-0.25, -0.2) is 0 Å². The Bertz CT molecular complexity index is 369. The lowest BCUT2D eigenvalue weighted by Gasteiger charge is -2.49. The van der Waals surface area contributed by atoms with Crippen LogP contribution in [0.15, 0.2) is 0 Å². The Morgan fingerprint density at radius 3 is 0.800 bits per heavy atom. The van der Waals surface area contributed by atoms with E-state index in [-0.39, 0.29) is 0 Å². The largest absolute Gasteiger partial charge is 0.135 e. The van der Waals surface area contributed by atoms with E-state index in [0.717, 1.165) is 4.83 Å². The third kappa shape index (κ3) is 3.27. The Kier molecular flexibility index (Phi) is 8.80. The fourth-order valence-corrected chi connectivity index (χ4v) is 15.0. The normalized spacial score (nSPS) is 33.5. The summed E-state index contributed by atoms with van der Waals surface area (Å²) in [4.78, 5) is 0.823. The van der Waals surface area contributed by atoms with Crippen molar-refractivity contribution in [2.24, 2.45) is 0 Å². The Labute approximate surface area is 226 Å². The van der Waals surface area contributed by atoms with E-state index in [4.69, 9.17) is 0 Å². The van der Waals surface area contributed by atoms with E-state index in [1.165, 1.54) is 0 Å². The van der Waals surface area contributed by atoms with Crippen molar-refractivity contribution in [3.05, 3.63) is 4.83 Å². The fourth-order valence-electron chi connectivity index (χ4n) is 1.26. The lowest BCUT2D eigenvalue weighted by molar-refractivity contribution is 0.688. The van der Waals surface area contributed by atoms with E-state index in [1.807, 2.05) is 0 Å². The molecule has 1 radical (unpaired) electrons. The number of hydrogen-bond donors (Lipinski definition) is 0. The molecule has 119 valence electrons. The number of hydrogen-bond acceptors (Lipinski definition) is 0. The molecule has 0 aromatic carbocycles. The van der Waals surface area contributed by atoms with Gasteiger partial charge in [0.05, 0.1) is 0 Å². The number of alkyl halides is 12. The van der Waals surface area contributed by atoms with Gasteiger partial charge in [0.2, 0.25) is 0 Å². The number of rotatable bonds is 0. The minimum atomic E-state index is -0.748. The van der Waals surface area contributed by atoms with Crippen molar-refractivity contribution in [1.29, 1.82) is 0 Å². The zero-order chi connectivity index (χ0) is 16.6. The molecule has 0 amide bonds. The Balaban J connectivity index is 3.83. The molecule has 1 aliphatic rings. The van der Waals surface area contributed by atoms with Crippen LogP contribution in [0.2, 0.25) is 0 Å². The summed E-state index contributed by atoms with van der Waals surface area (Å²) in [5.41, 5.74) is 0. The molecule has 1 saturated carbocycles. The topological polar surface area (TPSA) is 0 Å². The second-order valence-electron chi connectivity index (χ2n) is 3.76. The Morgan fingerprint density at radius 1 is 0.400 bits per heavy atom. The molecular formula is C7Br13. The molecule has 0 unspecified atom stereocenters. The van der Waals surface area contributed by atoms with Crippen LogP contribution >= 0.6 is 207 Å². The summed E-state index contributed by atoms with van der Waals surface area (Å²) in [7, 11) is 0. The van der Waals surface area contributed by atoms with Gasteiger partial charge in [0, 0.05) is 0 Å². The van der Waals surface area contributed by atoms with E-state index < -0.39 is 19.4 Å². The summed E-state index contributed by atoms with van der Waals surface area (Å²) in [5, 5.41) is 0. The van der Waals surface area contributed by atoms with Gasteiger partial charge in [0.15, 0.2) is 0 Å². The molecule has 0 aromatic heterocycles. The Hall–Kier alpha value is 6.24. The quantitative estimate of drug-likeness (QED) is 0.168. The SMILES string of the molecule is Br[C]1C(Br)(Br)C(Br)(Br)C(Br)(Br)C(Br)(Br)C(Br)(Br)C1(Br)Br. The highest BCUT2D eigenvalue weighted by Crippen LogP contribution is 2.81. The van der Waals surface area contributed by atoms with Gasteiger partial charge in [0.25, 0.3) is 0 Å². The van der Waals surface area contributed by atoms with E-state index in [0.29, 0.717) is 0 Å². The van der Waals surface area contributed by atoms with Crippen molar-refractivity contribution in [3.8, 4) is 0 Å². The van der Waals surface area contributed by atoms with Gasteiger partial charge in [0.1, 0.15) is 24.2 Å². The summed E-state index contributed by atoms with van der Waals surface area (Å²) in [5.74, 6) is 0. The maximum Gasteiger partial charge on any atom is 0.135 e. The van der Waals surface area contributed by atoms with Crippen LogP contribution in [0.1, 0.15) is 0 Å². The van der Waals surface area contributed by atoms with Crippen molar-refractivity contribution in [3.63, 3.8) is 0 Å². The molecule has 0 spiro atoms. The molecule has 0 nitrogen and oxygen atoms in total. The second kappa shape index (κ2) is 7.25. The van der Waals surface area contributed by atoms with Gasteiger partial charge in [-0.15, -0.1) is 0 Å². The predicted octanol–water partition coefficient (Wildman–Crippen LogP) is 9.84. The molecule has 1 fully saturated rings. The smallest absolute Gasteiger partial charge is 0.0785 e. The van der Waals surface area contributed by atoms with Gasteiger partial charge < -0.3 is 0 Å². The zero-order valence-corrected chi connectivity index (χ0v) is 29.0. The van der Waals surface area contributed by atoms with E-state index in [9.17, 15) is 0 Å². The molecule has 0 heterocycles. The van der Waals surface area contributed by atoms with Crippen molar-refractivity contribution in [1.82, 2.24) is 0 Å². The minimum absolute atomic E-state index is 0.719. The molecule has 0 bridgehead atoms. The monoisotopic (exact) mass is 1110 g/mol. The summed E-state index contributed by atoms with van der Waals surface area (Å²) in [6.45, 7) is 0. The van der Waals surface area contributed by atoms with Gasteiger partial charge in [-0.2, -0.15) is 0 Å². The minimum Gasteiger partial charge on any atom is -0.0785 e. The summed E-state index contributed by atoms with van der Waals surface area (Å²) < 4.78 is -4.40. The first-order valence-electron chi connectivity index (χ1n) is 4.21. The maximum absolute atomic E-state index is 3.75. The summed E-state index contributed by atoms with van der Waals surface area (Å²) >= 11 is 48.5. The zero-order valence-electron chi connectivity index (χ0n) is 8.41. The van der Waals surface area contributed by atoms with Gasteiger partial charge >= 0.3 is 0 Å². The first-order chi connectivity index (χ1) is 8.40. The highest BCUT2D eigenvalue weighted by molar-refractivity contribution is 9.36. The third-order valence-electron chi connectivity index (χ3n) is 2.52. The van der Waals surface area contributed by atoms with E-state index in [1.54, 1.807) is 0 Å². The standard InChI is InChI=1S/C7Br13/c8-1-2(9,10)4(13,14)6(17,18)7(19,20)5(15,16)3(1,11)12. The average Bonchev–Trinajstić information content (AvgIpc) is 2.25. The predicted molar refractivity (Wildman–Crippen MR) is 136 cm³/mol. The first-order valence-corrected chi connectivity index (χ1v) is 14.5. The highest BCUT2D eigenvalue weighted by atomic mass is 79.9. The van der Waals surface area contributed by atoms with Gasteiger partial charge in [-0.1, -0.05) is 207 Å². The van der Waals surface area contributed by atoms with E-state index >= 15 is 0 Å². The first kappa shape index (κ1) is 24.3. The van der Waals surface area contributed by atoms with Crippen molar-refractivity contribution >= 4 is 207 Å². The fraction of sp³-hybridized carbons (Fsp3) is 0.857. The van der Waals surface area contributed by atoms with Crippen LogP contribution in [0, 0.1) is 4.83 Å². The third-order valence-corrected chi connectivity index (χ3v) is 30.0. The van der Waals surface area contributed by atoms with E-state index in [2.05, 4.69) is 207 Å². The van der Waals surface area contributed by atoms with Crippen LogP contribution in [-0.2, 0) is 0 Å². The van der Waals surface area contributed by atoms with Crippen LogP contribution in [0.4, 0.5) is 0 Å². The van der Waals surface area contributed by atoms with Gasteiger partial charge in [-0.3, -0.25) is 0 Å². The molecular weight excluding hydrogens is 1120 g/mol. The van der Waals surface area contributed by atoms with Crippen LogP contribution < -0.4 is 0 Å². The molecule has 0 N–H and O–H groups in total. The number of halogens is 13. The molecule has 0 atom stereocenters. The van der Waals surface area contributed by atoms with Crippen LogP contribution in [0.25, 0.3) is 0 Å². The lowest BCUT2D eigenvalue weighted by atomic mass is 10.2. The molecule has 13 heteroatoms. The van der Waals surface area contributed by atoms with Crippen molar-refractivity contribution < 1.29 is 0 Å². The second-order valence-corrected chi connectivity index (χ2v) is 25.2. The summed E-state index contributed by atoms with van der Waals surface area (Å²) in [6.07, 6.45) is 0. The van der Waals surface area contributed by atoms with Crippen molar-refractivity contribution in [2.75, 3.05) is 0 Å². The molecule has 20 heavy (non-hydrogen) atoms. The van der Waals surface area contributed by atoms with Crippen LogP contribution in [-0.4, -0.2) is 19.4 Å². The highest BCUT2D eigenvalue weighted by Gasteiger charge is 2.80. The van der Waals surface area contributed by atoms with Gasteiger partial charge in [-0.05, 0) is 0 Å². The Morgan fingerprint density at radius 2 is 0.600 bits per heavy atom. The average molecular weight is 1120 g/mol. The maximum atomic E-state index is 3.75. The lowest BCUT2D eigenvalue weighted by Crippen LogP contribution is -2.59. The summed E-state index contributed by atoms with van der Waals surface area (Å²) in [6, 6.07) is 0. The molecule has 1 rings (SSSR count). The molecule has 0 aliphatic heterocycles. The molecule has 0 saturated heterocycles. The van der Waals surface area contributed by atoms with Crippen LogP contribution in [0.5, 0.6) is 0 Å². The molecule has 1 aliphatic carbocycles.